The number of nitrogens with zero attached hydrogens (tertiary/aromatic N) is 1. The Balaban J connectivity index is 1.79. The van der Waals surface area contributed by atoms with Crippen LogP contribution in [0.2, 0.25) is 0 Å². The molecule has 1 amide bonds. The Morgan fingerprint density at radius 2 is 2.00 bits per heavy atom. The number of fused-ring (bicyclic) bond motifs is 2. The molecule has 0 aromatic heterocycles. The van der Waals surface area contributed by atoms with E-state index in [4.69, 9.17) is 11.6 Å². The summed E-state index contributed by atoms with van der Waals surface area (Å²) in [4.78, 5) is 13.6. The third-order valence-electron chi connectivity index (χ3n) is 3.91. The minimum absolute atomic E-state index is 0.0389. The Morgan fingerprint density at radius 1 is 1.40 bits per heavy atom. The van der Waals surface area contributed by atoms with Gasteiger partial charge >= 0.3 is 0 Å². The van der Waals surface area contributed by atoms with Gasteiger partial charge in [0.05, 0.1) is 0 Å². The number of hydrogen-bond acceptors (Lipinski definition) is 2. The second-order valence-corrected chi connectivity index (χ2v) is 5.09. The van der Waals surface area contributed by atoms with E-state index in [9.17, 15) is 4.79 Å². The van der Waals surface area contributed by atoms with Crippen LogP contribution in [0.25, 0.3) is 0 Å². The van der Waals surface area contributed by atoms with Crippen LogP contribution in [0.4, 0.5) is 0 Å². The number of halogens is 1. The lowest BCUT2D eigenvalue weighted by molar-refractivity contribution is -0.118. The molecule has 1 N–H and O–H groups in total. The molecule has 2 rings (SSSR count). The molecule has 0 aromatic rings. The van der Waals surface area contributed by atoms with E-state index in [1.807, 2.05) is 0 Å². The van der Waals surface area contributed by atoms with Gasteiger partial charge in [0.2, 0.25) is 5.91 Å². The summed E-state index contributed by atoms with van der Waals surface area (Å²) in [5.74, 6) is 0.702. The Morgan fingerprint density at radius 3 is 2.53 bits per heavy atom. The summed E-state index contributed by atoms with van der Waals surface area (Å²) in [7, 11) is 2.23. The van der Waals surface area contributed by atoms with Crippen LogP contribution in [0.5, 0.6) is 0 Å². The van der Waals surface area contributed by atoms with Crippen molar-refractivity contribution in [3.63, 3.8) is 0 Å². The van der Waals surface area contributed by atoms with Crippen LogP contribution < -0.4 is 5.32 Å². The van der Waals surface area contributed by atoms with E-state index in [1.54, 1.807) is 0 Å². The average Bonchev–Trinajstić information content (AvgIpc) is 2.50. The molecule has 2 aliphatic rings. The first kappa shape index (κ1) is 11.2. The first-order chi connectivity index (χ1) is 7.20. The molecule has 3 nitrogen and oxygen atoms in total. The van der Waals surface area contributed by atoms with Crippen LogP contribution in [-0.2, 0) is 4.79 Å². The van der Waals surface area contributed by atoms with Crippen molar-refractivity contribution in [2.75, 3.05) is 19.5 Å². The van der Waals surface area contributed by atoms with Crippen LogP contribution in [0.15, 0.2) is 0 Å². The predicted octanol–water partition coefficient (Wildman–Crippen LogP) is 1.21. The van der Waals surface area contributed by atoms with Crippen molar-refractivity contribution in [3.05, 3.63) is 0 Å². The third kappa shape index (κ3) is 2.45. The van der Waals surface area contributed by atoms with Crippen molar-refractivity contribution in [2.45, 2.75) is 37.8 Å². The Kier molecular flexibility index (Phi) is 3.52. The molecule has 2 aliphatic heterocycles. The molecular formula is C11H19ClN2O. The first-order valence-corrected chi connectivity index (χ1v) is 6.28. The normalized spacial score (nSPS) is 35.5. The lowest BCUT2D eigenvalue weighted by Crippen LogP contribution is -2.43. The van der Waals surface area contributed by atoms with E-state index >= 15 is 0 Å². The summed E-state index contributed by atoms with van der Waals surface area (Å²) in [6.07, 6.45) is 5.13. The lowest BCUT2D eigenvalue weighted by atomic mass is 9.91. The molecule has 0 aromatic carbocycles. The molecule has 15 heavy (non-hydrogen) atoms. The minimum atomic E-state index is -0.0389. The second kappa shape index (κ2) is 4.71. The van der Waals surface area contributed by atoms with Gasteiger partial charge in [-0.05, 0) is 38.6 Å². The van der Waals surface area contributed by atoms with Gasteiger partial charge in [-0.15, -0.1) is 11.6 Å². The topological polar surface area (TPSA) is 32.3 Å². The molecule has 2 saturated heterocycles. The highest BCUT2D eigenvalue weighted by Crippen LogP contribution is 2.36. The number of hydrogen-bond donors (Lipinski definition) is 1. The number of nitrogens with one attached hydrogen (secondary N) is 1. The molecule has 0 spiro atoms. The highest BCUT2D eigenvalue weighted by molar-refractivity contribution is 6.27. The summed E-state index contributed by atoms with van der Waals surface area (Å²) < 4.78 is 0. The van der Waals surface area contributed by atoms with Crippen molar-refractivity contribution < 1.29 is 4.79 Å². The fourth-order valence-corrected chi connectivity index (χ4v) is 3.09. The zero-order chi connectivity index (χ0) is 10.8. The zero-order valence-electron chi connectivity index (χ0n) is 9.21. The summed E-state index contributed by atoms with van der Waals surface area (Å²) >= 11 is 5.44. The average molecular weight is 231 g/mol. The molecule has 2 heterocycles. The minimum Gasteiger partial charge on any atom is -0.355 e. The molecule has 2 fully saturated rings. The molecule has 0 radical (unpaired) electrons. The van der Waals surface area contributed by atoms with Gasteiger partial charge in [-0.25, -0.2) is 0 Å². The van der Waals surface area contributed by atoms with Gasteiger partial charge in [0.15, 0.2) is 0 Å². The fourth-order valence-electron chi connectivity index (χ4n) is 3.00. The summed E-state index contributed by atoms with van der Waals surface area (Å²) in [6, 6.07) is 1.50. The zero-order valence-corrected chi connectivity index (χ0v) is 9.96. The van der Waals surface area contributed by atoms with E-state index in [1.165, 1.54) is 25.7 Å². The number of piperidine rings is 1. The molecule has 2 unspecified atom stereocenters. The Labute approximate surface area is 96.2 Å². The summed E-state index contributed by atoms with van der Waals surface area (Å²) in [5.41, 5.74) is 0. The van der Waals surface area contributed by atoms with Crippen molar-refractivity contribution >= 4 is 17.5 Å². The summed E-state index contributed by atoms with van der Waals surface area (Å²) in [6.45, 7) is 0.812. The third-order valence-corrected chi connectivity index (χ3v) is 4.15. The van der Waals surface area contributed by atoms with E-state index in [2.05, 4.69) is 17.3 Å². The van der Waals surface area contributed by atoms with Gasteiger partial charge in [0.1, 0.15) is 5.88 Å². The monoisotopic (exact) mass is 230 g/mol. The highest BCUT2D eigenvalue weighted by atomic mass is 35.5. The maximum Gasteiger partial charge on any atom is 0.234 e. The maximum absolute atomic E-state index is 11.0. The van der Waals surface area contributed by atoms with Crippen LogP contribution in [0, 0.1) is 5.92 Å². The van der Waals surface area contributed by atoms with Crippen LogP contribution in [0.3, 0.4) is 0 Å². The van der Waals surface area contributed by atoms with Crippen LogP contribution >= 0.6 is 11.6 Å². The largest absolute Gasteiger partial charge is 0.355 e. The van der Waals surface area contributed by atoms with Gasteiger partial charge in [0.25, 0.3) is 0 Å². The molecule has 0 aliphatic carbocycles. The number of carbonyl (C=O) groups is 1. The second-order valence-electron chi connectivity index (χ2n) is 4.83. The lowest BCUT2D eigenvalue weighted by Gasteiger charge is -2.36. The smallest absolute Gasteiger partial charge is 0.234 e. The fraction of sp³-hybridized carbons (Fsp3) is 0.909. The summed E-state index contributed by atoms with van der Waals surface area (Å²) in [5, 5.41) is 2.90. The van der Waals surface area contributed by atoms with Crippen molar-refractivity contribution in [2.24, 2.45) is 5.92 Å². The number of amides is 1. The van der Waals surface area contributed by atoms with Gasteiger partial charge in [-0.1, -0.05) is 0 Å². The van der Waals surface area contributed by atoms with Crippen LogP contribution in [-0.4, -0.2) is 42.4 Å². The molecule has 2 atom stereocenters. The molecule has 2 bridgehead atoms. The molecular weight excluding hydrogens is 212 g/mol. The number of alkyl halides is 1. The van der Waals surface area contributed by atoms with Crippen molar-refractivity contribution in [1.82, 2.24) is 10.2 Å². The first-order valence-electron chi connectivity index (χ1n) is 5.75. The van der Waals surface area contributed by atoms with E-state index in [0.29, 0.717) is 5.92 Å². The van der Waals surface area contributed by atoms with Gasteiger partial charge < -0.3 is 10.2 Å². The van der Waals surface area contributed by atoms with Crippen molar-refractivity contribution in [1.29, 1.82) is 0 Å². The Bertz CT molecular complexity index is 233. The Hall–Kier alpha value is -0.280. The van der Waals surface area contributed by atoms with Gasteiger partial charge in [-0.3, -0.25) is 4.79 Å². The quantitative estimate of drug-likeness (QED) is 0.740. The number of rotatable bonds is 3. The highest BCUT2D eigenvalue weighted by Gasteiger charge is 2.38. The molecule has 0 saturated carbocycles. The van der Waals surface area contributed by atoms with Gasteiger partial charge in [0, 0.05) is 18.6 Å². The maximum atomic E-state index is 11.0. The number of carbonyl (C=O) groups excluding carboxylic acids is 1. The van der Waals surface area contributed by atoms with Crippen molar-refractivity contribution in [3.8, 4) is 0 Å². The standard InChI is InChI=1S/C11H19ClN2O/c1-14-9-2-3-10(14)5-8(4-9)7-13-11(15)6-12/h8-10H,2-7H2,1H3,(H,13,15). The molecule has 86 valence electrons. The van der Waals surface area contributed by atoms with E-state index < -0.39 is 0 Å². The van der Waals surface area contributed by atoms with E-state index in [0.717, 1.165) is 18.6 Å². The van der Waals surface area contributed by atoms with Crippen LogP contribution in [0.1, 0.15) is 25.7 Å². The molecule has 4 heteroatoms. The van der Waals surface area contributed by atoms with Gasteiger partial charge in [-0.2, -0.15) is 0 Å². The van der Waals surface area contributed by atoms with E-state index in [-0.39, 0.29) is 11.8 Å². The predicted molar refractivity (Wildman–Crippen MR) is 61.0 cm³/mol. The SMILES string of the molecule is CN1C2CCC1CC(CNC(=O)CCl)C2.